The van der Waals surface area contributed by atoms with Crippen molar-refractivity contribution in [1.29, 1.82) is 0 Å². The lowest BCUT2D eigenvalue weighted by molar-refractivity contribution is -0.125. The first kappa shape index (κ1) is 26.7. The highest BCUT2D eigenvalue weighted by atomic mass is 32.2. The molecule has 0 fully saturated rings. The molecular weight excluding hydrogens is 508 g/mol. The van der Waals surface area contributed by atoms with E-state index in [0.29, 0.717) is 24.3 Å². The molecule has 4 aromatic rings. The van der Waals surface area contributed by atoms with Crippen molar-refractivity contribution < 1.29 is 17.9 Å². The number of carbonyl (C=O) groups excluding carboxylic acids is 1. The van der Waals surface area contributed by atoms with Crippen LogP contribution in [0.25, 0.3) is 11.1 Å². The molecule has 0 spiro atoms. The molecule has 1 heterocycles. The molecule has 39 heavy (non-hydrogen) atoms. The zero-order valence-electron chi connectivity index (χ0n) is 22.3. The summed E-state index contributed by atoms with van der Waals surface area (Å²) in [6, 6.07) is 31.9. The van der Waals surface area contributed by atoms with E-state index in [2.05, 4.69) is 4.72 Å². The van der Waals surface area contributed by atoms with Crippen LogP contribution in [0.2, 0.25) is 0 Å². The van der Waals surface area contributed by atoms with Gasteiger partial charge in [-0.3, -0.25) is 4.79 Å². The number of sulfonamides is 1. The second kappa shape index (κ2) is 10.7. The third-order valence-corrected chi connectivity index (χ3v) is 8.30. The minimum atomic E-state index is -3.74. The van der Waals surface area contributed by atoms with Crippen LogP contribution >= 0.6 is 0 Å². The average Bonchev–Trinajstić information content (AvgIpc) is 3.04. The monoisotopic (exact) mass is 540 g/mol. The molecule has 200 valence electrons. The molecular formula is C32H32N2O4S. The van der Waals surface area contributed by atoms with Crippen molar-refractivity contribution in [2.45, 2.75) is 50.3 Å². The molecule has 1 atom stereocenters. The van der Waals surface area contributed by atoms with Gasteiger partial charge in [0.15, 0.2) is 6.10 Å². The van der Waals surface area contributed by atoms with Crippen LogP contribution in [-0.2, 0) is 27.8 Å². The van der Waals surface area contributed by atoms with Crippen LogP contribution in [0.3, 0.4) is 0 Å². The fourth-order valence-electron chi connectivity index (χ4n) is 4.77. The van der Waals surface area contributed by atoms with Gasteiger partial charge in [0.05, 0.1) is 11.4 Å². The number of hydrogen-bond acceptors (Lipinski definition) is 4. The third-order valence-electron chi connectivity index (χ3n) is 6.48. The van der Waals surface area contributed by atoms with Crippen molar-refractivity contribution in [1.82, 2.24) is 4.72 Å². The second-order valence-electron chi connectivity index (χ2n) is 10.7. The minimum Gasteiger partial charge on any atom is -0.480 e. The largest absolute Gasteiger partial charge is 0.480 e. The van der Waals surface area contributed by atoms with Crippen LogP contribution in [-0.4, -0.2) is 26.0 Å². The molecule has 6 nitrogen and oxygen atoms in total. The Hall–Kier alpha value is -3.94. The Labute approximate surface area is 230 Å². The molecule has 7 heteroatoms. The van der Waals surface area contributed by atoms with E-state index in [1.807, 2.05) is 106 Å². The highest BCUT2D eigenvalue weighted by molar-refractivity contribution is 7.89. The number of nitrogens with one attached hydrogen (secondary N) is 1. The van der Waals surface area contributed by atoms with E-state index in [1.54, 1.807) is 23.1 Å². The van der Waals surface area contributed by atoms with Gasteiger partial charge in [0.1, 0.15) is 5.75 Å². The van der Waals surface area contributed by atoms with E-state index in [0.717, 1.165) is 22.4 Å². The normalized spacial score (nSPS) is 15.8. The Balaban J connectivity index is 1.48. The van der Waals surface area contributed by atoms with Crippen molar-refractivity contribution in [2.75, 3.05) is 4.90 Å². The Bertz CT molecular complexity index is 1580. The predicted octanol–water partition coefficient (Wildman–Crippen LogP) is 5.97. The predicted molar refractivity (Wildman–Crippen MR) is 154 cm³/mol. The molecule has 1 aliphatic rings. The van der Waals surface area contributed by atoms with E-state index in [4.69, 9.17) is 4.74 Å². The van der Waals surface area contributed by atoms with Gasteiger partial charge in [-0.15, -0.1) is 0 Å². The summed E-state index contributed by atoms with van der Waals surface area (Å²) < 4.78 is 35.3. The van der Waals surface area contributed by atoms with Crippen molar-refractivity contribution in [2.24, 2.45) is 0 Å². The smallest absolute Gasteiger partial charge is 0.268 e. The second-order valence-corrected chi connectivity index (χ2v) is 12.4. The summed E-state index contributed by atoms with van der Waals surface area (Å²) in [5.74, 6) is 0.580. The van der Waals surface area contributed by atoms with Crippen LogP contribution in [0, 0.1) is 0 Å². The summed E-state index contributed by atoms with van der Waals surface area (Å²) >= 11 is 0. The Morgan fingerprint density at radius 1 is 0.846 bits per heavy atom. The summed E-state index contributed by atoms with van der Waals surface area (Å²) in [5.41, 5.74) is 3.39. The summed E-state index contributed by atoms with van der Waals surface area (Å²) in [4.78, 5) is 15.8. The standard InChI is InChI=1S/C32H32N2O4S/c1-32(2,3)33-39(36,37)30-16-10-8-14-27(30)24-17-19-26(20-18-24)34-22-25-13-7-9-15-28(25)38-29(31(34)35)21-23-11-5-4-6-12-23/h4-20,29,33H,21-22H2,1-3H3. The first-order valence-corrected chi connectivity index (χ1v) is 14.4. The lowest BCUT2D eigenvalue weighted by atomic mass is 10.0. The number of anilines is 1. The van der Waals surface area contributed by atoms with Crippen LogP contribution in [0.4, 0.5) is 5.69 Å². The van der Waals surface area contributed by atoms with Crippen molar-refractivity contribution >= 4 is 21.6 Å². The molecule has 0 aliphatic carbocycles. The number of benzene rings is 4. The molecule has 1 N–H and O–H groups in total. The summed E-state index contributed by atoms with van der Waals surface area (Å²) in [7, 11) is -3.74. The van der Waals surface area contributed by atoms with Gasteiger partial charge < -0.3 is 9.64 Å². The van der Waals surface area contributed by atoms with Gasteiger partial charge in [-0.05, 0) is 56.2 Å². The Morgan fingerprint density at radius 2 is 1.49 bits per heavy atom. The highest BCUT2D eigenvalue weighted by Crippen LogP contribution is 2.33. The molecule has 0 aromatic heterocycles. The summed E-state index contributed by atoms with van der Waals surface area (Å²) in [5, 5.41) is 0. The Kier molecular flexibility index (Phi) is 7.30. The van der Waals surface area contributed by atoms with Gasteiger partial charge in [-0.1, -0.05) is 78.9 Å². The van der Waals surface area contributed by atoms with Gasteiger partial charge >= 0.3 is 0 Å². The van der Waals surface area contributed by atoms with Crippen LogP contribution in [0.15, 0.2) is 108 Å². The summed E-state index contributed by atoms with van der Waals surface area (Å²) in [6.45, 7) is 5.81. The van der Waals surface area contributed by atoms with E-state index in [1.165, 1.54) is 0 Å². The first-order valence-electron chi connectivity index (χ1n) is 12.9. The van der Waals surface area contributed by atoms with Gasteiger partial charge in [0.25, 0.3) is 5.91 Å². The maximum absolute atomic E-state index is 13.8. The van der Waals surface area contributed by atoms with Gasteiger partial charge in [-0.2, -0.15) is 0 Å². The van der Waals surface area contributed by atoms with Gasteiger partial charge in [0.2, 0.25) is 10.0 Å². The lowest BCUT2D eigenvalue weighted by Crippen LogP contribution is -2.41. The fourth-order valence-corrected chi connectivity index (χ4v) is 6.42. The number of carbonyl (C=O) groups is 1. The summed E-state index contributed by atoms with van der Waals surface area (Å²) in [6.07, 6.45) is -0.223. The zero-order valence-corrected chi connectivity index (χ0v) is 23.1. The highest BCUT2D eigenvalue weighted by Gasteiger charge is 2.32. The van der Waals surface area contributed by atoms with Crippen molar-refractivity contribution in [3.8, 4) is 16.9 Å². The van der Waals surface area contributed by atoms with E-state index in [9.17, 15) is 13.2 Å². The molecule has 1 amide bonds. The van der Waals surface area contributed by atoms with Crippen LogP contribution in [0.5, 0.6) is 5.75 Å². The number of ether oxygens (including phenoxy) is 1. The minimum absolute atomic E-state index is 0.125. The van der Waals surface area contributed by atoms with Crippen molar-refractivity contribution in [3.05, 3.63) is 114 Å². The first-order chi connectivity index (χ1) is 18.6. The topological polar surface area (TPSA) is 75.7 Å². The van der Waals surface area contributed by atoms with Gasteiger partial charge in [-0.25, -0.2) is 13.1 Å². The lowest BCUT2D eigenvalue weighted by Gasteiger charge is -2.24. The van der Waals surface area contributed by atoms with Crippen LogP contribution < -0.4 is 14.4 Å². The van der Waals surface area contributed by atoms with E-state index < -0.39 is 21.7 Å². The van der Waals surface area contributed by atoms with E-state index >= 15 is 0 Å². The van der Waals surface area contributed by atoms with E-state index in [-0.39, 0.29) is 10.8 Å². The quantitative estimate of drug-likeness (QED) is 0.327. The molecule has 0 bridgehead atoms. The van der Waals surface area contributed by atoms with Gasteiger partial charge in [0, 0.05) is 28.8 Å². The Morgan fingerprint density at radius 3 is 2.21 bits per heavy atom. The molecule has 0 saturated carbocycles. The molecule has 1 aliphatic heterocycles. The number of amides is 1. The number of nitrogens with zero attached hydrogens (tertiary/aromatic N) is 1. The number of rotatable bonds is 6. The molecule has 1 unspecified atom stereocenters. The SMILES string of the molecule is CC(C)(C)NS(=O)(=O)c1ccccc1-c1ccc(N2Cc3ccccc3OC(Cc3ccccc3)C2=O)cc1. The third kappa shape index (κ3) is 6.05. The fraction of sp³-hybridized carbons (Fsp3) is 0.219. The molecule has 0 saturated heterocycles. The van der Waals surface area contributed by atoms with Crippen LogP contribution in [0.1, 0.15) is 31.9 Å². The zero-order chi connectivity index (χ0) is 27.6. The maximum Gasteiger partial charge on any atom is 0.268 e. The number of hydrogen-bond donors (Lipinski definition) is 1. The molecule has 0 radical (unpaired) electrons. The average molecular weight is 541 g/mol. The molecule has 4 aromatic carbocycles. The molecule has 5 rings (SSSR count). The number of fused-ring (bicyclic) bond motifs is 1. The van der Waals surface area contributed by atoms with Crippen molar-refractivity contribution in [3.63, 3.8) is 0 Å². The number of para-hydroxylation sites is 1. The maximum atomic E-state index is 13.8.